The van der Waals surface area contributed by atoms with Gasteiger partial charge in [-0.25, -0.2) is 0 Å². The third kappa shape index (κ3) is 4.63. The van der Waals surface area contributed by atoms with Crippen molar-refractivity contribution in [2.45, 2.75) is 6.61 Å². The second kappa shape index (κ2) is 8.35. The van der Waals surface area contributed by atoms with Gasteiger partial charge in [-0.2, -0.15) is 0 Å². The maximum atomic E-state index is 12.2. The van der Waals surface area contributed by atoms with Gasteiger partial charge in [0.2, 0.25) is 5.13 Å². The number of nitrogens with zero attached hydrogens (tertiary/aromatic N) is 2. The monoisotopic (exact) mass is 409 g/mol. The number of anilines is 1. The average Bonchev–Trinajstić information content (AvgIpc) is 3.08. The molecule has 0 aliphatic rings. The second-order valence-electron chi connectivity index (χ2n) is 5.05. The SMILES string of the molecule is COc1ccc(C(=O)Nc2nnc(COc3ccc(Cl)cc3Cl)s2)cc1. The predicted octanol–water partition coefficient (Wildman–Crippen LogP) is 4.68. The van der Waals surface area contributed by atoms with Crippen molar-refractivity contribution in [1.29, 1.82) is 0 Å². The van der Waals surface area contributed by atoms with Crippen LogP contribution in [-0.2, 0) is 6.61 Å². The van der Waals surface area contributed by atoms with Gasteiger partial charge in [-0.1, -0.05) is 34.5 Å². The lowest BCUT2D eigenvalue weighted by molar-refractivity contribution is 0.102. The number of halogens is 2. The van der Waals surface area contributed by atoms with Crippen molar-refractivity contribution >= 4 is 45.6 Å². The highest BCUT2D eigenvalue weighted by molar-refractivity contribution is 7.15. The Hall–Kier alpha value is -2.35. The Balaban J connectivity index is 1.59. The van der Waals surface area contributed by atoms with Crippen molar-refractivity contribution in [3.63, 3.8) is 0 Å². The number of amides is 1. The maximum absolute atomic E-state index is 12.2. The van der Waals surface area contributed by atoms with Crippen molar-refractivity contribution in [2.24, 2.45) is 0 Å². The molecule has 1 aromatic heterocycles. The third-order valence-electron chi connectivity index (χ3n) is 3.28. The predicted molar refractivity (Wildman–Crippen MR) is 102 cm³/mol. The molecule has 0 unspecified atom stereocenters. The van der Waals surface area contributed by atoms with Gasteiger partial charge >= 0.3 is 0 Å². The van der Waals surface area contributed by atoms with Crippen molar-refractivity contribution in [2.75, 3.05) is 12.4 Å². The van der Waals surface area contributed by atoms with E-state index in [1.54, 1.807) is 49.6 Å². The number of rotatable bonds is 6. The van der Waals surface area contributed by atoms with E-state index < -0.39 is 0 Å². The zero-order chi connectivity index (χ0) is 18.5. The van der Waals surface area contributed by atoms with E-state index in [0.717, 1.165) is 0 Å². The summed E-state index contributed by atoms with van der Waals surface area (Å²) in [6.45, 7) is 0.178. The number of methoxy groups -OCH3 is 1. The number of ether oxygens (including phenoxy) is 2. The van der Waals surface area contributed by atoms with Crippen LogP contribution in [-0.4, -0.2) is 23.2 Å². The van der Waals surface area contributed by atoms with E-state index in [1.807, 2.05) is 0 Å². The highest BCUT2D eigenvalue weighted by atomic mass is 35.5. The Morgan fingerprint density at radius 2 is 1.92 bits per heavy atom. The molecular formula is C17H13Cl2N3O3S. The van der Waals surface area contributed by atoms with Crippen molar-refractivity contribution in [1.82, 2.24) is 10.2 Å². The van der Waals surface area contributed by atoms with Crippen molar-refractivity contribution in [3.8, 4) is 11.5 Å². The number of hydrogen-bond acceptors (Lipinski definition) is 6. The molecule has 3 aromatic rings. The van der Waals surface area contributed by atoms with Gasteiger partial charge in [0.15, 0.2) is 5.01 Å². The highest BCUT2D eigenvalue weighted by Gasteiger charge is 2.11. The van der Waals surface area contributed by atoms with E-state index >= 15 is 0 Å². The fourth-order valence-corrected chi connectivity index (χ4v) is 3.12. The van der Waals surface area contributed by atoms with E-state index in [-0.39, 0.29) is 12.5 Å². The molecule has 9 heteroatoms. The average molecular weight is 410 g/mol. The molecule has 3 rings (SSSR count). The summed E-state index contributed by atoms with van der Waals surface area (Å²) in [4.78, 5) is 12.2. The van der Waals surface area contributed by atoms with Gasteiger partial charge in [0.1, 0.15) is 18.1 Å². The van der Waals surface area contributed by atoms with Crippen LogP contribution in [0.25, 0.3) is 0 Å². The van der Waals surface area contributed by atoms with Gasteiger partial charge in [-0.15, -0.1) is 10.2 Å². The van der Waals surface area contributed by atoms with Crippen LogP contribution in [0.2, 0.25) is 10.0 Å². The van der Waals surface area contributed by atoms with E-state index in [0.29, 0.717) is 37.2 Å². The lowest BCUT2D eigenvalue weighted by Gasteiger charge is -2.05. The largest absolute Gasteiger partial charge is 0.497 e. The minimum atomic E-state index is -0.281. The molecule has 0 aliphatic carbocycles. The molecule has 0 saturated carbocycles. The molecule has 0 fully saturated rings. The van der Waals surface area contributed by atoms with Crippen LogP contribution in [0.3, 0.4) is 0 Å². The Labute approximate surface area is 163 Å². The number of carbonyl (C=O) groups excluding carboxylic acids is 1. The van der Waals surface area contributed by atoms with E-state index in [1.165, 1.54) is 11.3 Å². The van der Waals surface area contributed by atoms with Gasteiger partial charge < -0.3 is 9.47 Å². The summed E-state index contributed by atoms with van der Waals surface area (Å²) in [5.41, 5.74) is 0.492. The molecule has 1 heterocycles. The maximum Gasteiger partial charge on any atom is 0.257 e. The van der Waals surface area contributed by atoms with Gasteiger partial charge in [0.05, 0.1) is 12.1 Å². The van der Waals surface area contributed by atoms with Crippen LogP contribution in [0.1, 0.15) is 15.4 Å². The molecule has 1 N–H and O–H groups in total. The minimum Gasteiger partial charge on any atom is -0.497 e. The smallest absolute Gasteiger partial charge is 0.257 e. The number of carbonyl (C=O) groups is 1. The van der Waals surface area contributed by atoms with Gasteiger partial charge in [-0.3, -0.25) is 10.1 Å². The highest BCUT2D eigenvalue weighted by Crippen LogP contribution is 2.28. The molecule has 0 bridgehead atoms. The standard InChI is InChI=1S/C17H13Cl2N3O3S/c1-24-12-5-2-10(3-6-12)16(23)20-17-22-21-15(26-17)9-25-14-7-4-11(18)8-13(14)19/h2-8H,9H2,1H3,(H,20,22,23). The number of nitrogens with one attached hydrogen (secondary N) is 1. The Morgan fingerprint density at radius 3 is 2.62 bits per heavy atom. The molecule has 0 saturated heterocycles. The summed E-state index contributed by atoms with van der Waals surface area (Å²) in [7, 11) is 1.57. The zero-order valence-corrected chi connectivity index (χ0v) is 15.9. The molecule has 0 aliphatic heterocycles. The summed E-state index contributed by atoms with van der Waals surface area (Å²) >= 11 is 13.1. The molecule has 6 nitrogen and oxygen atoms in total. The summed E-state index contributed by atoms with van der Waals surface area (Å²) in [5, 5.41) is 12.6. The third-order valence-corrected chi connectivity index (χ3v) is 4.63. The first-order valence-corrected chi connectivity index (χ1v) is 8.98. The first kappa shape index (κ1) is 18.4. The van der Waals surface area contributed by atoms with Crippen LogP contribution in [0.5, 0.6) is 11.5 Å². The fraction of sp³-hybridized carbons (Fsp3) is 0.118. The van der Waals surface area contributed by atoms with E-state index in [2.05, 4.69) is 15.5 Å². The Bertz CT molecular complexity index is 916. The lowest BCUT2D eigenvalue weighted by atomic mass is 10.2. The summed E-state index contributed by atoms with van der Waals surface area (Å²) < 4.78 is 10.7. The van der Waals surface area contributed by atoms with Crippen molar-refractivity contribution < 1.29 is 14.3 Å². The molecule has 26 heavy (non-hydrogen) atoms. The quantitative estimate of drug-likeness (QED) is 0.639. The fourth-order valence-electron chi connectivity index (χ4n) is 2.01. The topological polar surface area (TPSA) is 73.3 Å². The molecule has 1 amide bonds. The van der Waals surface area contributed by atoms with Crippen LogP contribution >= 0.6 is 34.5 Å². The van der Waals surface area contributed by atoms with Crippen LogP contribution in [0, 0.1) is 0 Å². The van der Waals surface area contributed by atoms with Crippen LogP contribution in [0.15, 0.2) is 42.5 Å². The lowest BCUT2D eigenvalue weighted by Crippen LogP contribution is -2.11. The number of benzene rings is 2. The summed E-state index contributed by atoms with van der Waals surface area (Å²) in [6, 6.07) is 11.7. The first-order valence-electron chi connectivity index (χ1n) is 7.41. The second-order valence-corrected chi connectivity index (χ2v) is 6.95. The van der Waals surface area contributed by atoms with Crippen LogP contribution in [0.4, 0.5) is 5.13 Å². The van der Waals surface area contributed by atoms with Gasteiger partial charge in [-0.05, 0) is 42.5 Å². The Morgan fingerprint density at radius 1 is 1.15 bits per heavy atom. The van der Waals surface area contributed by atoms with Crippen molar-refractivity contribution in [3.05, 3.63) is 63.1 Å². The molecule has 0 radical (unpaired) electrons. The molecule has 2 aromatic carbocycles. The zero-order valence-electron chi connectivity index (χ0n) is 13.5. The van der Waals surface area contributed by atoms with E-state index in [9.17, 15) is 4.79 Å². The minimum absolute atomic E-state index is 0.178. The van der Waals surface area contributed by atoms with Gasteiger partial charge in [0, 0.05) is 10.6 Å². The normalized spacial score (nSPS) is 10.4. The van der Waals surface area contributed by atoms with E-state index in [4.69, 9.17) is 32.7 Å². The first-order chi connectivity index (χ1) is 12.5. The number of hydrogen-bond donors (Lipinski definition) is 1. The molecule has 134 valence electrons. The molecule has 0 atom stereocenters. The Kier molecular flexibility index (Phi) is 5.92. The van der Waals surface area contributed by atoms with Gasteiger partial charge in [0.25, 0.3) is 5.91 Å². The molecule has 0 spiro atoms. The molecular weight excluding hydrogens is 397 g/mol. The summed E-state index contributed by atoms with van der Waals surface area (Å²) in [5.74, 6) is 0.893. The number of aromatic nitrogens is 2. The van der Waals surface area contributed by atoms with Crippen LogP contribution < -0.4 is 14.8 Å². The summed E-state index contributed by atoms with van der Waals surface area (Å²) in [6.07, 6.45) is 0.